The SMILES string of the molecule is COc1cccc(NC(=O)Cn2ccc(CO)c2)c1. The van der Waals surface area contributed by atoms with Crippen LogP contribution in [0, 0.1) is 0 Å². The van der Waals surface area contributed by atoms with E-state index in [0.717, 1.165) is 5.56 Å². The molecule has 0 aliphatic heterocycles. The monoisotopic (exact) mass is 260 g/mol. The Hall–Kier alpha value is -2.27. The summed E-state index contributed by atoms with van der Waals surface area (Å²) in [5.41, 5.74) is 1.48. The first-order chi connectivity index (χ1) is 9.21. The Labute approximate surface area is 111 Å². The van der Waals surface area contributed by atoms with Gasteiger partial charge in [0.15, 0.2) is 0 Å². The van der Waals surface area contributed by atoms with E-state index in [9.17, 15) is 4.79 Å². The van der Waals surface area contributed by atoms with Gasteiger partial charge in [-0.05, 0) is 23.8 Å². The number of amides is 1. The van der Waals surface area contributed by atoms with Crippen LogP contribution in [-0.4, -0.2) is 22.7 Å². The second-order valence-electron chi connectivity index (χ2n) is 4.13. The van der Waals surface area contributed by atoms with E-state index in [4.69, 9.17) is 9.84 Å². The molecule has 19 heavy (non-hydrogen) atoms. The maximum Gasteiger partial charge on any atom is 0.244 e. The van der Waals surface area contributed by atoms with Crippen molar-refractivity contribution in [1.29, 1.82) is 0 Å². The van der Waals surface area contributed by atoms with E-state index in [2.05, 4.69) is 5.32 Å². The number of hydrogen-bond acceptors (Lipinski definition) is 3. The number of rotatable bonds is 5. The lowest BCUT2D eigenvalue weighted by molar-refractivity contribution is -0.116. The van der Waals surface area contributed by atoms with Crippen molar-refractivity contribution >= 4 is 11.6 Å². The van der Waals surface area contributed by atoms with Gasteiger partial charge in [-0.1, -0.05) is 6.07 Å². The van der Waals surface area contributed by atoms with Gasteiger partial charge in [-0.15, -0.1) is 0 Å². The number of aromatic nitrogens is 1. The fourth-order valence-electron chi connectivity index (χ4n) is 1.75. The highest BCUT2D eigenvalue weighted by Gasteiger charge is 2.04. The minimum Gasteiger partial charge on any atom is -0.497 e. The van der Waals surface area contributed by atoms with Crippen LogP contribution >= 0.6 is 0 Å². The maximum absolute atomic E-state index is 11.8. The average molecular weight is 260 g/mol. The second-order valence-corrected chi connectivity index (χ2v) is 4.13. The van der Waals surface area contributed by atoms with E-state index in [0.29, 0.717) is 11.4 Å². The number of nitrogens with one attached hydrogen (secondary N) is 1. The van der Waals surface area contributed by atoms with Gasteiger partial charge < -0.3 is 19.7 Å². The molecule has 1 heterocycles. The predicted octanol–water partition coefficient (Wildman–Crippen LogP) is 1.63. The minimum absolute atomic E-state index is 0.0233. The van der Waals surface area contributed by atoms with Gasteiger partial charge >= 0.3 is 0 Å². The molecule has 2 N–H and O–H groups in total. The molecule has 100 valence electrons. The van der Waals surface area contributed by atoms with Gasteiger partial charge in [0, 0.05) is 24.1 Å². The molecule has 1 aromatic heterocycles. The fourth-order valence-corrected chi connectivity index (χ4v) is 1.75. The Morgan fingerprint density at radius 1 is 1.42 bits per heavy atom. The van der Waals surface area contributed by atoms with Crippen LogP contribution in [0.5, 0.6) is 5.75 Å². The quantitative estimate of drug-likeness (QED) is 0.858. The largest absolute Gasteiger partial charge is 0.497 e. The summed E-state index contributed by atoms with van der Waals surface area (Å²) < 4.78 is 6.81. The Morgan fingerprint density at radius 3 is 2.95 bits per heavy atom. The minimum atomic E-state index is -0.131. The molecule has 0 bridgehead atoms. The Morgan fingerprint density at radius 2 is 2.26 bits per heavy atom. The lowest BCUT2D eigenvalue weighted by Gasteiger charge is -2.07. The van der Waals surface area contributed by atoms with Crippen molar-refractivity contribution in [2.45, 2.75) is 13.2 Å². The third kappa shape index (κ3) is 3.59. The van der Waals surface area contributed by atoms with Crippen LogP contribution in [0.15, 0.2) is 42.7 Å². The first kappa shape index (κ1) is 13.2. The molecule has 2 aromatic rings. The zero-order chi connectivity index (χ0) is 13.7. The number of benzene rings is 1. The smallest absolute Gasteiger partial charge is 0.244 e. The maximum atomic E-state index is 11.8. The lowest BCUT2D eigenvalue weighted by Crippen LogP contribution is -2.17. The van der Waals surface area contributed by atoms with Gasteiger partial charge in [-0.3, -0.25) is 4.79 Å². The van der Waals surface area contributed by atoms with E-state index >= 15 is 0 Å². The summed E-state index contributed by atoms with van der Waals surface area (Å²) in [7, 11) is 1.58. The number of ether oxygens (including phenoxy) is 1. The van der Waals surface area contributed by atoms with Crippen LogP contribution in [-0.2, 0) is 17.9 Å². The van der Waals surface area contributed by atoms with Crippen molar-refractivity contribution in [3.63, 3.8) is 0 Å². The highest BCUT2D eigenvalue weighted by molar-refractivity contribution is 5.90. The molecule has 0 saturated heterocycles. The number of carbonyl (C=O) groups excluding carboxylic acids is 1. The zero-order valence-electron chi connectivity index (χ0n) is 10.7. The number of anilines is 1. The predicted molar refractivity (Wildman–Crippen MR) is 72.0 cm³/mol. The normalized spacial score (nSPS) is 10.2. The first-order valence-electron chi connectivity index (χ1n) is 5.90. The van der Waals surface area contributed by atoms with Crippen LogP contribution in [0.3, 0.4) is 0 Å². The standard InChI is InChI=1S/C14H16N2O3/c1-19-13-4-2-3-12(7-13)15-14(18)9-16-6-5-11(8-16)10-17/h2-8,17H,9-10H2,1H3,(H,15,18). The van der Waals surface area contributed by atoms with Gasteiger partial charge in [0.05, 0.1) is 13.7 Å². The summed E-state index contributed by atoms with van der Waals surface area (Å²) in [4.78, 5) is 11.8. The van der Waals surface area contributed by atoms with Crippen molar-refractivity contribution in [1.82, 2.24) is 4.57 Å². The summed E-state index contributed by atoms with van der Waals surface area (Å²) in [6.07, 6.45) is 3.50. The fraction of sp³-hybridized carbons (Fsp3) is 0.214. The van der Waals surface area contributed by atoms with Crippen molar-refractivity contribution in [3.05, 3.63) is 48.3 Å². The third-order valence-electron chi connectivity index (χ3n) is 2.67. The molecule has 0 atom stereocenters. The van der Waals surface area contributed by atoms with Gasteiger partial charge in [0.25, 0.3) is 0 Å². The second kappa shape index (κ2) is 6.06. The van der Waals surface area contributed by atoms with E-state index in [1.807, 2.05) is 12.1 Å². The van der Waals surface area contributed by atoms with E-state index in [1.165, 1.54) is 0 Å². The Bertz CT molecular complexity index is 563. The van der Waals surface area contributed by atoms with Crippen molar-refractivity contribution in [2.24, 2.45) is 0 Å². The first-order valence-corrected chi connectivity index (χ1v) is 5.90. The van der Waals surface area contributed by atoms with Gasteiger partial charge in [-0.2, -0.15) is 0 Å². The molecule has 0 fully saturated rings. The van der Waals surface area contributed by atoms with E-state index < -0.39 is 0 Å². The molecule has 5 heteroatoms. The molecule has 5 nitrogen and oxygen atoms in total. The number of carbonyl (C=O) groups is 1. The molecule has 0 spiro atoms. The topological polar surface area (TPSA) is 63.5 Å². The van der Waals surface area contributed by atoms with Crippen LogP contribution in [0.4, 0.5) is 5.69 Å². The molecular formula is C14H16N2O3. The zero-order valence-corrected chi connectivity index (χ0v) is 10.7. The van der Waals surface area contributed by atoms with Gasteiger partial charge in [0.2, 0.25) is 5.91 Å². The summed E-state index contributed by atoms with van der Waals surface area (Å²) in [5.74, 6) is 0.565. The number of aliphatic hydroxyl groups is 1. The molecule has 0 aliphatic carbocycles. The van der Waals surface area contributed by atoms with Crippen LogP contribution in [0.1, 0.15) is 5.56 Å². The average Bonchev–Trinajstić information content (AvgIpc) is 2.86. The molecular weight excluding hydrogens is 244 g/mol. The molecule has 0 aliphatic rings. The lowest BCUT2D eigenvalue weighted by atomic mass is 10.3. The summed E-state index contributed by atoms with van der Waals surface area (Å²) in [6, 6.07) is 8.96. The summed E-state index contributed by atoms with van der Waals surface area (Å²) >= 11 is 0. The molecule has 0 unspecified atom stereocenters. The number of aliphatic hydroxyl groups excluding tert-OH is 1. The van der Waals surface area contributed by atoms with Crippen molar-refractivity contribution in [3.8, 4) is 5.75 Å². The molecule has 1 amide bonds. The van der Waals surface area contributed by atoms with Crippen LogP contribution in [0.2, 0.25) is 0 Å². The number of nitrogens with zero attached hydrogens (tertiary/aromatic N) is 1. The Kier molecular flexibility index (Phi) is 4.20. The van der Waals surface area contributed by atoms with Crippen molar-refractivity contribution < 1.29 is 14.6 Å². The highest BCUT2D eigenvalue weighted by Crippen LogP contribution is 2.16. The van der Waals surface area contributed by atoms with E-state index in [-0.39, 0.29) is 19.1 Å². The summed E-state index contributed by atoms with van der Waals surface area (Å²) in [6.45, 7) is 0.182. The molecule has 1 aromatic carbocycles. The molecule has 0 radical (unpaired) electrons. The summed E-state index contributed by atoms with van der Waals surface area (Å²) in [5, 5.41) is 11.7. The van der Waals surface area contributed by atoms with Crippen LogP contribution in [0.25, 0.3) is 0 Å². The molecule has 0 saturated carbocycles. The third-order valence-corrected chi connectivity index (χ3v) is 2.67. The Balaban J connectivity index is 1.96. The van der Waals surface area contributed by atoms with Crippen molar-refractivity contribution in [2.75, 3.05) is 12.4 Å². The number of hydrogen-bond donors (Lipinski definition) is 2. The number of methoxy groups -OCH3 is 1. The van der Waals surface area contributed by atoms with Gasteiger partial charge in [-0.25, -0.2) is 0 Å². The highest BCUT2D eigenvalue weighted by atomic mass is 16.5. The van der Waals surface area contributed by atoms with Crippen LogP contribution < -0.4 is 10.1 Å². The van der Waals surface area contributed by atoms with Gasteiger partial charge in [0.1, 0.15) is 12.3 Å². The van der Waals surface area contributed by atoms with E-state index in [1.54, 1.807) is 42.3 Å². The molecule has 2 rings (SSSR count).